The number of aryl methyl sites for hydroxylation is 1. The highest BCUT2D eigenvalue weighted by atomic mass is 16.5. The Hall–Kier alpha value is -1.28. The lowest BCUT2D eigenvalue weighted by Crippen LogP contribution is -2.29. The second kappa shape index (κ2) is 5.84. The average Bonchev–Trinajstić information content (AvgIpc) is 2.85. The van der Waals surface area contributed by atoms with E-state index in [0.717, 1.165) is 24.1 Å². The summed E-state index contributed by atoms with van der Waals surface area (Å²) in [6, 6.07) is 6.49. The zero-order valence-electron chi connectivity index (χ0n) is 13.7. The van der Waals surface area contributed by atoms with Crippen molar-refractivity contribution in [3.05, 3.63) is 35.4 Å². The molecular weight excluding hydrogens is 258 g/mol. The number of hydrogen-bond donors (Lipinski definition) is 0. The van der Waals surface area contributed by atoms with Gasteiger partial charge in [-0.2, -0.15) is 0 Å². The molecule has 1 fully saturated rings. The van der Waals surface area contributed by atoms with Crippen LogP contribution < -0.4 is 4.74 Å². The summed E-state index contributed by atoms with van der Waals surface area (Å²) < 4.78 is 5.45. The van der Waals surface area contributed by atoms with Crippen LogP contribution in [0, 0.1) is 24.7 Å². The third-order valence-corrected chi connectivity index (χ3v) is 5.22. The Bertz CT molecular complexity index is 546. The molecule has 0 aliphatic heterocycles. The van der Waals surface area contributed by atoms with Gasteiger partial charge in [0.05, 0.1) is 7.11 Å². The van der Waals surface area contributed by atoms with Gasteiger partial charge in [0.1, 0.15) is 5.75 Å². The first-order valence-electron chi connectivity index (χ1n) is 8.10. The first-order chi connectivity index (χ1) is 10.1. The smallest absolute Gasteiger partial charge is 0.119 e. The minimum Gasteiger partial charge on any atom is -0.497 e. The number of benzene rings is 1. The molecule has 1 aromatic carbocycles. The van der Waals surface area contributed by atoms with Crippen LogP contribution in [0.15, 0.2) is 24.3 Å². The second-order valence-corrected chi connectivity index (χ2v) is 7.00. The van der Waals surface area contributed by atoms with E-state index in [-0.39, 0.29) is 0 Å². The molecule has 0 N–H and O–H groups in total. The van der Waals surface area contributed by atoms with E-state index < -0.39 is 0 Å². The van der Waals surface area contributed by atoms with Crippen molar-refractivity contribution in [2.24, 2.45) is 17.8 Å². The minimum atomic E-state index is 0.671. The summed E-state index contributed by atoms with van der Waals surface area (Å²) in [5.74, 6) is 3.31. The van der Waals surface area contributed by atoms with Crippen LogP contribution in [0.25, 0.3) is 5.57 Å². The van der Waals surface area contributed by atoms with Gasteiger partial charge in [-0.25, -0.2) is 0 Å². The van der Waals surface area contributed by atoms with Crippen molar-refractivity contribution in [2.75, 3.05) is 27.7 Å². The summed E-state index contributed by atoms with van der Waals surface area (Å²) in [5, 5.41) is 0. The van der Waals surface area contributed by atoms with Crippen molar-refractivity contribution in [2.45, 2.75) is 26.2 Å². The van der Waals surface area contributed by atoms with E-state index in [1.165, 1.54) is 30.4 Å². The largest absolute Gasteiger partial charge is 0.497 e. The number of rotatable bonds is 4. The first-order valence-corrected chi connectivity index (χ1v) is 8.10. The SMILES string of the molecule is COc1ccc(C)c(C2=CC3CCC(C3)[C@@H]2CN(C)C)c1. The van der Waals surface area contributed by atoms with Crippen LogP contribution >= 0.6 is 0 Å². The number of allylic oxidation sites excluding steroid dienone is 1. The molecule has 2 heteroatoms. The minimum absolute atomic E-state index is 0.671. The Morgan fingerprint density at radius 3 is 2.76 bits per heavy atom. The highest BCUT2D eigenvalue weighted by Gasteiger charge is 2.37. The zero-order chi connectivity index (χ0) is 15.0. The van der Waals surface area contributed by atoms with E-state index in [1.807, 2.05) is 0 Å². The number of nitrogens with zero attached hydrogens (tertiary/aromatic N) is 1. The fourth-order valence-electron chi connectivity index (χ4n) is 4.17. The summed E-state index contributed by atoms with van der Waals surface area (Å²) in [7, 11) is 6.14. The fraction of sp³-hybridized carbons (Fsp3) is 0.579. The highest BCUT2D eigenvalue weighted by molar-refractivity contribution is 5.72. The molecule has 0 spiro atoms. The van der Waals surface area contributed by atoms with Crippen LogP contribution in [-0.4, -0.2) is 32.6 Å². The van der Waals surface area contributed by atoms with Gasteiger partial charge in [-0.05, 0) is 86.9 Å². The highest BCUT2D eigenvalue weighted by Crippen LogP contribution is 2.48. The van der Waals surface area contributed by atoms with Crippen LogP contribution in [0.5, 0.6) is 5.75 Å². The lowest BCUT2D eigenvalue weighted by Gasteiger charge is -2.33. The molecule has 2 bridgehead atoms. The van der Waals surface area contributed by atoms with E-state index >= 15 is 0 Å². The molecule has 3 rings (SSSR count). The third kappa shape index (κ3) is 2.87. The van der Waals surface area contributed by atoms with Crippen molar-refractivity contribution in [1.82, 2.24) is 4.90 Å². The topological polar surface area (TPSA) is 12.5 Å². The fourth-order valence-corrected chi connectivity index (χ4v) is 4.17. The van der Waals surface area contributed by atoms with Gasteiger partial charge in [0.15, 0.2) is 0 Å². The maximum atomic E-state index is 5.45. The van der Waals surface area contributed by atoms with Crippen LogP contribution in [0.4, 0.5) is 0 Å². The molecule has 2 unspecified atom stereocenters. The molecule has 3 atom stereocenters. The van der Waals surface area contributed by atoms with Crippen LogP contribution in [0.3, 0.4) is 0 Å². The Morgan fingerprint density at radius 2 is 2.05 bits per heavy atom. The first kappa shape index (κ1) is 14.6. The van der Waals surface area contributed by atoms with Crippen molar-refractivity contribution in [3.63, 3.8) is 0 Å². The van der Waals surface area contributed by atoms with Crippen LogP contribution in [-0.2, 0) is 0 Å². The van der Waals surface area contributed by atoms with Gasteiger partial charge >= 0.3 is 0 Å². The normalized spacial score (nSPS) is 27.9. The molecule has 0 heterocycles. The molecule has 2 aliphatic carbocycles. The Morgan fingerprint density at radius 1 is 1.24 bits per heavy atom. The van der Waals surface area contributed by atoms with Gasteiger partial charge < -0.3 is 9.64 Å². The second-order valence-electron chi connectivity index (χ2n) is 7.00. The quantitative estimate of drug-likeness (QED) is 0.829. The van der Waals surface area contributed by atoms with E-state index in [0.29, 0.717) is 5.92 Å². The van der Waals surface area contributed by atoms with Crippen LogP contribution in [0.1, 0.15) is 30.4 Å². The lowest BCUT2D eigenvalue weighted by atomic mass is 9.75. The number of fused-ring (bicyclic) bond motifs is 2. The van der Waals surface area contributed by atoms with Crippen LogP contribution in [0.2, 0.25) is 0 Å². The molecule has 0 amide bonds. The molecule has 2 aliphatic rings. The maximum absolute atomic E-state index is 5.45. The van der Waals surface area contributed by atoms with Crippen molar-refractivity contribution >= 4 is 5.57 Å². The van der Waals surface area contributed by atoms with Crippen molar-refractivity contribution in [3.8, 4) is 5.75 Å². The Balaban J connectivity index is 2.01. The van der Waals surface area contributed by atoms with E-state index in [4.69, 9.17) is 4.74 Å². The zero-order valence-corrected chi connectivity index (χ0v) is 13.7. The van der Waals surface area contributed by atoms with Gasteiger partial charge in [-0.15, -0.1) is 0 Å². The van der Waals surface area contributed by atoms with Gasteiger partial charge in [0, 0.05) is 6.54 Å². The number of ether oxygens (including phenoxy) is 1. The Kier molecular flexibility index (Phi) is 4.08. The lowest BCUT2D eigenvalue weighted by molar-refractivity contribution is 0.289. The summed E-state index contributed by atoms with van der Waals surface area (Å²) in [6.45, 7) is 3.37. The predicted molar refractivity (Wildman–Crippen MR) is 88.6 cm³/mol. The summed E-state index contributed by atoms with van der Waals surface area (Å²) in [4.78, 5) is 2.34. The average molecular weight is 285 g/mol. The molecule has 1 saturated carbocycles. The van der Waals surface area contributed by atoms with Crippen molar-refractivity contribution in [1.29, 1.82) is 0 Å². The molecule has 1 aromatic rings. The maximum Gasteiger partial charge on any atom is 0.119 e. The van der Waals surface area contributed by atoms with Gasteiger partial charge in [0.25, 0.3) is 0 Å². The molecule has 114 valence electrons. The van der Waals surface area contributed by atoms with Gasteiger partial charge in [-0.1, -0.05) is 12.1 Å². The monoisotopic (exact) mass is 285 g/mol. The molecule has 0 radical (unpaired) electrons. The summed E-state index contributed by atoms with van der Waals surface area (Å²) in [5.41, 5.74) is 4.34. The van der Waals surface area contributed by atoms with Gasteiger partial charge in [-0.3, -0.25) is 0 Å². The predicted octanol–water partition coefficient (Wildman–Crippen LogP) is 3.99. The molecule has 2 nitrogen and oxygen atoms in total. The molecule has 0 aromatic heterocycles. The molecule has 21 heavy (non-hydrogen) atoms. The Labute approximate surface area is 128 Å². The number of hydrogen-bond acceptors (Lipinski definition) is 2. The third-order valence-electron chi connectivity index (χ3n) is 5.22. The molecular formula is C19H27NO. The van der Waals surface area contributed by atoms with E-state index in [1.54, 1.807) is 12.7 Å². The molecule has 0 saturated heterocycles. The van der Waals surface area contributed by atoms with E-state index in [2.05, 4.69) is 50.2 Å². The standard InChI is InChI=1S/C19H27NO/c1-13-5-8-16(21-4)11-17(13)18-10-14-6-7-15(9-14)19(18)12-20(2)3/h5,8,10-11,14-15,19H,6-7,9,12H2,1-4H3/t14?,15?,19-/m0/s1. The number of methoxy groups -OCH3 is 1. The summed E-state index contributed by atoms with van der Waals surface area (Å²) in [6.07, 6.45) is 6.73. The van der Waals surface area contributed by atoms with Gasteiger partial charge in [0.2, 0.25) is 0 Å². The van der Waals surface area contributed by atoms with Crippen molar-refractivity contribution < 1.29 is 4.74 Å². The van der Waals surface area contributed by atoms with E-state index in [9.17, 15) is 0 Å². The summed E-state index contributed by atoms with van der Waals surface area (Å²) >= 11 is 0.